The summed E-state index contributed by atoms with van der Waals surface area (Å²) in [7, 11) is -1.03. The highest BCUT2D eigenvalue weighted by Gasteiger charge is 2.25. The maximum Gasteiger partial charge on any atom is 0.154 e. The number of rotatable bonds is 6. The number of sulfone groups is 1. The average Bonchev–Trinajstić information content (AvgIpc) is 2.29. The van der Waals surface area contributed by atoms with Crippen LogP contribution in [0, 0.1) is 0 Å². The van der Waals surface area contributed by atoms with Crippen molar-refractivity contribution in [1.82, 2.24) is 5.32 Å². The molecule has 1 N–H and O–H groups in total. The molecule has 0 aromatic carbocycles. The van der Waals surface area contributed by atoms with Crippen molar-refractivity contribution in [2.24, 2.45) is 0 Å². The lowest BCUT2D eigenvalue weighted by Gasteiger charge is -2.31. The van der Waals surface area contributed by atoms with E-state index in [1.807, 2.05) is 7.05 Å². The Kier molecular flexibility index (Phi) is 5.89. The van der Waals surface area contributed by atoms with Gasteiger partial charge in [0, 0.05) is 6.04 Å². The Balaban J connectivity index is 2.35. The SMILES string of the molecule is CNC1CCCCC1OCCS(=O)(=O)C(C)C. The predicted octanol–water partition coefficient (Wildman–Crippen LogP) is 1.36. The summed E-state index contributed by atoms with van der Waals surface area (Å²) in [5.41, 5.74) is 0. The third kappa shape index (κ3) is 4.56. The van der Waals surface area contributed by atoms with E-state index in [1.165, 1.54) is 12.8 Å². The van der Waals surface area contributed by atoms with Crippen LogP contribution < -0.4 is 5.32 Å². The van der Waals surface area contributed by atoms with Crippen LogP contribution in [0.4, 0.5) is 0 Å². The first-order valence-electron chi connectivity index (χ1n) is 6.48. The Morgan fingerprint density at radius 2 is 1.94 bits per heavy atom. The molecule has 0 aliphatic heterocycles. The molecule has 1 rings (SSSR count). The van der Waals surface area contributed by atoms with E-state index in [9.17, 15) is 8.42 Å². The molecule has 17 heavy (non-hydrogen) atoms. The van der Waals surface area contributed by atoms with Gasteiger partial charge in [0.1, 0.15) is 0 Å². The van der Waals surface area contributed by atoms with Gasteiger partial charge in [0.15, 0.2) is 9.84 Å². The first-order valence-corrected chi connectivity index (χ1v) is 8.19. The fourth-order valence-electron chi connectivity index (χ4n) is 2.18. The summed E-state index contributed by atoms with van der Waals surface area (Å²) in [6, 6.07) is 0.380. The fourth-order valence-corrected chi connectivity index (χ4v) is 2.98. The molecule has 102 valence electrons. The van der Waals surface area contributed by atoms with Crippen molar-refractivity contribution >= 4 is 9.84 Å². The molecule has 0 bridgehead atoms. The molecule has 0 amide bonds. The Hall–Kier alpha value is -0.130. The zero-order valence-corrected chi connectivity index (χ0v) is 11.9. The van der Waals surface area contributed by atoms with Crippen molar-refractivity contribution in [2.75, 3.05) is 19.4 Å². The zero-order chi connectivity index (χ0) is 12.9. The number of ether oxygens (including phenoxy) is 1. The van der Waals surface area contributed by atoms with E-state index >= 15 is 0 Å². The van der Waals surface area contributed by atoms with Gasteiger partial charge in [-0.3, -0.25) is 0 Å². The van der Waals surface area contributed by atoms with Crippen molar-refractivity contribution < 1.29 is 13.2 Å². The van der Waals surface area contributed by atoms with Crippen LogP contribution in [0.5, 0.6) is 0 Å². The van der Waals surface area contributed by atoms with Gasteiger partial charge in [-0.25, -0.2) is 8.42 Å². The first kappa shape index (κ1) is 14.9. The third-order valence-corrected chi connectivity index (χ3v) is 5.66. The van der Waals surface area contributed by atoms with Crippen LogP contribution in [0.25, 0.3) is 0 Å². The second-order valence-corrected chi connectivity index (χ2v) is 7.68. The van der Waals surface area contributed by atoms with E-state index in [0.717, 1.165) is 12.8 Å². The second kappa shape index (κ2) is 6.71. The molecule has 2 unspecified atom stereocenters. The molecular formula is C12H25NO3S. The first-order chi connectivity index (χ1) is 7.97. The van der Waals surface area contributed by atoms with Crippen LogP contribution in [0.15, 0.2) is 0 Å². The molecule has 1 aliphatic carbocycles. The summed E-state index contributed by atoms with van der Waals surface area (Å²) in [5.74, 6) is 0.137. The number of likely N-dealkylation sites (N-methyl/N-ethyl adjacent to an activating group) is 1. The van der Waals surface area contributed by atoms with E-state index in [1.54, 1.807) is 13.8 Å². The highest BCUT2D eigenvalue weighted by molar-refractivity contribution is 7.91. The maximum atomic E-state index is 11.6. The van der Waals surface area contributed by atoms with Crippen LogP contribution >= 0.6 is 0 Å². The highest BCUT2D eigenvalue weighted by Crippen LogP contribution is 2.21. The fraction of sp³-hybridized carbons (Fsp3) is 1.00. The van der Waals surface area contributed by atoms with Crippen molar-refractivity contribution in [1.29, 1.82) is 0 Å². The van der Waals surface area contributed by atoms with Gasteiger partial charge in [-0.2, -0.15) is 0 Å². The number of nitrogens with one attached hydrogen (secondary N) is 1. The zero-order valence-electron chi connectivity index (χ0n) is 11.1. The van der Waals surface area contributed by atoms with Crippen molar-refractivity contribution in [3.05, 3.63) is 0 Å². The van der Waals surface area contributed by atoms with Crippen LogP contribution in [0.3, 0.4) is 0 Å². The smallest absolute Gasteiger partial charge is 0.154 e. The van der Waals surface area contributed by atoms with Gasteiger partial charge in [-0.05, 0) is 33.7 Å². The second-order valence-electron chi connectivity index (χ2n) is 5.00. The minimum Gasteiger partial charge on any atom is -0.376 e. The summed E-state index contributed by atoms with van der Waals surface area (Å²) in [4.78, 5) is 0. The lowest BCUT2D eigenvalue weighted by molar-refractivity contribution is 0.0154. The average molecular weight is 263 g/mol. The largest absolute Gasteiger partial charge is 0.376 e. The summed E-state index contributed by atoms with van der Waals surface area (Å²) < 4.78 is 29.0. The van der Waals surface area contributed by atoms with Gasteiger partial charge in [-0.1, -0.05) is 12.8 Å². The molecule has 4 nitrogen and oxygen atoms in total. The molecule has 1 fully saturated rings. The van der Waals surface area contributed by atoms with E-state index in [0.29, 0.717) is 12.6 Å². The molecule has 1 aliphatic rings. The maximum absolute atomic E-state index is 11.6. The van der Waals surface area contributed by atoms with Crippen LogP contribution in [-0.2, 0) is 14.6 Å². The van der Waals surface area contributed by atoms with Gasteiger partial charge in [0.2, 0.25) is 0 Å². The van der Waals surface area contributed by atoms with E-state index in [-0.39, 0.29) is 17.1 Å². The standard InChI is InChI=1S/C12H25NO3S/c1-10(2)17(14,15)9-8-16-12-7-5-4-6-11(12)13-3/h10-13H,4-9H2,1-3H3. The van der Waals surface area contributed by atoms with Crippen LogP contribution in [-0.4, -0.2) is 45.2 Å². The van der Waals surface area contributed by atoms with Crippen molar-refractivity contribution in [2.45, 2.75) is 56.9 Å². The van der Waals surface area contributed by atoms with Crippen LogP contribution in [0.1, 0.15) is 39.5 Å². The van der Waals surface area contributed by atoms with Gasteiger partial charge >= 0.3 is 0 Å². The molecule has 1 saturated carbocycles. The molecular weight excluding hydrogens is 238 g/mol. The predicted molar refractivity (Wildman–Crippen MR) is 70.0 cm³/mol. The summed E-state index contributed by atoms with van der Waals surface area (Å²) >= 11 is 0. The lowest BCUT2D eigenvalue weighted by Crippen LogP contribution is -2.42. The molecule has 0 radical (unpaired) electrons. The molecule has 0 aromatic rings. The van der Waals surface area contributed by atoms with Crippen molar-refractivity contribution in [3.63, 3.8) is 0 Å². The molecule has 0 spiro atoms. The molecule has 5 heteroatoms. The topological polar surface area (TPSA) is 55.4 Å². The van der Waals surface area contributed by atoms with E-state index < -0.39 is 9.84 Å². The molecule has 0 aromatic heterocycles. The summed E-state index contributed by atoms with van der Waals surface area (Å²) in [5, 5.41) is 2.94. The third-order valence-electron chi connectivity index (χ3n) is 3.49. The minimum absolute atomic E-state index is 0.137. The molecule has 0 saturated heterocycles. The summed E-state index contributed by atoms with van der Waals surface area (Å²) in [6.45, 7) is 3.75. The lowest BCUT2D eigenvalue weighted by atomic mass is 9.92. The minimum atomic E-state index is -2.97. The monoisotopic (exact) mass is 263 g/mol. The van der Waals surface area contributed by atoms with Gasteiger partial charge in [0.05, 0.1) is 23.7 Å². The van der Waals surface area contributed by atoms with Crippen LogP contribution in [0.2, 0.25) is 0 Å². The Bertz CT molecular complexity index is 314. The van der Waals surface area contributed by atoms with E-state index in [2.05, 4.69) is 5.32 Å². The van der Waals surface area contributed by atoms with Crippen molar-refractivity contribution in [3.8, 4) is 0 Å². The van der Waals surface area contributed by atoms with E-state index in [4.69, 9.17) is 4.74 Å². The van der Waals surface area contributed by atoms with Gasteiger partial charge in [0.25, 0.3) is 0 Å². The number of hydrogen-bond donors (Lipinski definition) is 1. The Morgan fingerprint density at radius 1 is 1.29 bits per heavy atom. The number of hydrogen-bond acceptors (Lipinski definition) is 4. The summed E-state index contributed by atoms with van der Waals surface area (Å²) in [6.07, 6.45) is 4.75. The normalized spacial score (nSPS) is 26.4. The molecule has 0 heterocycles. The van der Waals surface area contributed by atoms with Gasteiger partial charge < -0.3 is 10.1 Å². The quantitative estimate of drug-likeness (QED) is 0.786. The highest BCUT2D eigenvalue weighted by atomic mass is 32.2. The Morgan fingerprint density at radius 3 is 2.53 bits per heavy atom. The van der Waals surface area contributed by atoms with Gasteiger partial charge in [-0.15, -0.1) is 0 Å². The molecule has 2 atom stereocenters. The Labute approximate surface area is 105 Å².